The molecule has 3 aromatic heterocycles. The Balaban J connectivity index is 1.67. The summed E-state index contributed by atoms with van der Waals surface area (Å²) in [6.07, 6.45) is 3.44. The molecular weight excluding hydrogens is 314 g/mol. The van der Waals surface area contributed by atoms with E-state index < -0.39 is 0 Å². The maximum Gasteiger partial charge on any atom is 0.262 e. The molecule has 0 bridgehead atoms. The van der Waals surface area contributed by atoms with Crippen molar-refractivity contribution >= 4 is 32.9 Å². The third-order valence-corrected chi connectivity index (χ3v) is 5.20. The van der Waals surface area contributed by atoms with Gasteiger partial charge >= 0.3 is 0 Å². The van der Waals surface area contributed by atoms with Crippen LogP contribution in [0.5, 0.6) is 0 Å². The van der Waals surface area contributed by atoms with Gasteiger partial charge in [0.1, 0.15) is 9.84 Å². The molecule has 4 rings (SSSR count). The van der Waals surface area contributed by atoms with Crippen molar-refractivity contribution in [1.82, 2.24) is 14.5 Å². The first-order valence-corrected chi connectivity index (χ1v) is 8.43. The number of hydrogen-bond acceptors (Lipinski definition) is 5. The van der Waals surface area contributed by atoms with Crippen molar-refractivity contribution in [3.8, 4) is 10.6 Å². The molecule has 4 nitrogen and oxygen atoms in total. The van der Waals surface area contributed by atoms with Crippen LogP contribution in [0.4, 0.5) is 0 Å². The fourth-order valence-corrected chi connectivity index (χ4v) is 3.91. The van der Waals surface area contributed by atoms with Crippen molar-refractivity contribution in [1.29, 1.82) is 0 Å². The summed E-state index contributed by atoms with van der Waals surface area (Å²) in [6, 6.07) is 11.9. The van der Waals surface area contributed by atoms with Crippen molar-refractivity contribution in [3.63, 3.8) is 0 Å². The molecule has 0 amide bonds. The van der Waals surface area contributed by atoms with Gasteiger partial charge in [0.15, 0.2) is 0 Å². The van der Waals surface area contributed by atoms with Crippen LogP contribution in [-0.2, 0) is 6.54 Å². The number of thiophene rings is 1. The highest BCUT2D eigenvalue weighted by Gasteiger charge is 2.08. The van der Waals surface area contributed by atoms with Crippen LogP contribution in [-0.4, -0.2) is 14.5 Å². The highest BCUT2D eigenvalue weighted by Crippen LogP contribution is 2.25. The maximum atomic E-state index is 12.4. The minimum atomic E-state index is 0.000844. The van der Waals surface area contributed by atoms with Crippen LogP contribution in [0.3, 0.4) is 0 Å². The first kappa shape index (κ1) is 13.4. The number of aromatic nitrogens is 3. The summed E-state index contributed by atoms with van der Waals surface area (Å²) in [6.45, 7) is 0.502. The van der Waals surface area contributed by atoms with E-state index in [0.29, 0.717) is 11.9 Å². The number of rotatable bonds is 3. The minimum Gasteiger partial charge on any atom is -0.293 e. The van der Waals surface area contributed by atoms with Gasteiger partial charge in [-0.1, -0.05) is 30.3 Å². The largest absolute Gasteiger partial charge is 0.293 e. The van der Waals surface area contributed by atoms with Gasteiger partial charge in [-0.2, -0.15) is 0 Å². The van der Waals surface area contributed by atoms with E-state index in [1.807, 2.05) is 48.0 Å². The molecule has 0 aliphatic carbocycles. The molecule has 0 fully saturated rings. The van der Waals surface area contributed by atoms with Crippen LogP contribution in [0.2, 0.25) is 0 Å². The second kappa shape index (κ2) is 5.47. The Labute approximate surface area is 134 Å². The molecular formula is C16H11N3OS2. The first-order chi connectivity index (χ1) is 10.8. The van der Waals surface area contributed by atoms with Crippen LogP contribution < -0.4 is 5.56 Å². The summed E-state index contributed by atoms with van der Waals surface area (Å²) < 4.78 is 1.64. The standard InChI is InChI=1S/C16H11N3OS2/c20-16-13-6-7-21-15(13)18-10-19(16)9-12-8-17-14(22-12)11-4-2-1-3-5-11/h1-8,10H,9H2. The predicted octanol–water partition coefficient (Wildman–Crippen LogP) is 3.63. The van der Waals surface area contributed by atoms with E-state index in [1.54, 1.807) is 22.2 Å². The van der Waals surface area contributed by atoms with Crippen LogP contribution in [0.25, 0.3) is 20.8 Å². The summed E-state index contributed by atoms with van der Waals surface area (Å²) in [5.74, 6) is 0. The molecule has 4 aromatic rings. The summed E-state index contributed by atoms with van der Waals surface area (Å²) in [4.78, 5) is 23.0. The zero-order valence-corrected chi connectivity index (χ0v) is 13.1. The van der Waals surface area contributed by atoms with Gasteiger partial charge in [0, 0.05) is 16.6 Å². The third-order valence-electron chi connectivity index (χ3n) is 3.35. The van der Waals surface area contributed by atoms with Gasteiger partial charge in [0.25, 0.3) is 5.56 Å². The normalized spacial score (nSPS) is 11.1. The smallest absolute Gasteiger partial charge is 0.262 e. The average molecular weight is 325 g/mol. The highest BCUT2D eigenvalue weighted by atomic mass is 32.1. The molecule has 0 unspecified atom stereocenters. The third kappa shape index (κ3) is 2.36. The molecule has 22 heavy (non-hydrogen) atoms. The molecule has 0 radical (unpaired) electrons. The lowest BCUT2D eigenvalue weighted by atomic mass is 10.2. The van der Waals surface area contributed by atoms with Crippen molar-refractivity contribution in [2.24, 2.45) is 0 Å². The van der Waals surface area contributed by atoms with Crippen molar-refractivity contribution in [2.75, 3.05) is 0 Å². The molecule has 0 aliphatic rings. The van der Waals surface area contributed by atoms with E-state index in [2.05, 4.69) is 9.97 Å². The molecule has 0 saturated carbocycles. The molecule has 0 saturated heterocycles. The number of hydrogen-bond donors (Lipinski definition) is 0. The topological polar surface area (TPSA) is 47.8 Å². The van der Waals surface area contributed by atoms with Gasteiger partial charge in [-0.3, -0.25) is 9.36 Å². The Morgan fingerprint density at radius 1 is 1.09 bits per heavy atom. The molecule has 108 valence electrons. The fraction of sp³-hybridized carbons (Fsp3) is 0.0625. The summed E-state index contributed by atoms with van der Waals surface area (Å²) >= 11 is 3.08. The van der Waals surface area contributed by atoms with E-state index in [1.165, 1.54) is 11.3 Å². The van der Waals surface area contributed by atoms with E-state index in [0.717, 1.165) is 20.3 Å². The monoisotopic (exact) mass is 325 g/mol. The molecule has 3 heterocycles. The van der Waals surface area contributed by atoms with Gasteiger partial charge in [0.2, 0.25) is 0 Å². The molecule has 0 N–H and O–H groups in total. The number of benzene rings is 1. The zero-order chi connectivity index (χ0) is 14.9. The number of thiazole rings is 1. The second-order valence-electron chi connectivity index (χ2n) is 4.81. The Morgan fingerprint density at radius 3 is 2.82 bits per heavy atom. The van der Waals surface area contributed by atoms with Crippen molar-refractivity contribution in [3.05, 3.63) is 69.5 Å². The second-order valence-corrected chi connectivity index (χ2v) is 6.82. The van der Waals surface area contributed by atoms with Crippen LogP contribution in [0.1, 0.15) is 4.88 Å². The average Bonchev–Trinajstić information content (AvgIpc) is 3.20. The van der Waals surface area contributed by atoms with E-state index >= 15 is 0 Å². The lowest BCUT2D eigenvalue weighted by Crippen LogP contribution is -2.19. The Kier molecular flexibility index (Phi) is 3.32. The molecule has 0 aliphatic heterocycles. The van der Waals surface area contributed by atoms with E-state index in [4.69, 9.17) is 0 Å². The molecule has 1 aromatic carbocycles. The Bertz CT molecular complexity index is 985. The summed E-state index contributed by atoms with van der Waals surface area (Å²) in [7, 11) is 0. The van der Waals surface area contributed by atoms with Crippen LogP contribution >= 0.6 is 22.7 Å². The van der Waals surface area contributed by atoms with Crippen LogP contribution in [0, 0.1) is 0 Å². The van der Waals surface area contributed by atoms with Crippen molar-refractivity contribution in [2.45, 2.75) is 6.54 Å². The number of nitrogens with zero attached hydrogens (tertiary/aromatic N) is 3. The van der Waals surface area contributed by atoms with Gasteiger partial charge in [0.05, 0.1) is 18.3 Å². The predicted molar refractivity (Wildman–Crippen MR) is 90.5 cm³/mol. The highest BCUT2D eigenvalue weighted by molar-refractivity contribution is 7.16. The minimum absolute atomic E-state index is 0.000844. The van der Waals surface area contributed by atoms with Gasteiger partial charge in [-0.05, 0) is 11.4 Å². The van der Waals surface area contributed by atoms with Gasteiger partial charge < -0.3 is 0 Å². The van der Waals surface area contributed by atoms with Crippen LogP contribution in [0.15, 0.2) is 59.1 Å². The Morgan fingerprint density at radius 2 is 1.95 bits per heavy atom. The first-order valence-electron chi connectivity index (χ1n) is 6.74. The lowest BCUT2D eigenvalue weighted by Gasteiger charge is -2.02. The van der Waals surface area contributed by atoms with Crippen molar-refractivity contribution < 1.29 is 0 Å². The quantitative estimate of drug-likeness (QED) is 0.578. The zero-order valence-electron chi connectivity index (χ0n) is 11.5. The molecule has 0 atom stereocenters. The Hall–Kier alpha value is -2.31. The lowest BCUT2D eigenvalue weighted by molar-refractivity contribution is 0.758. The fourth-order valence-electron chi connectivity index (χ4n) is 2.27. The number of fused-ring (bicyclic) bond motifs is 1. The summed E-state index contributed by atoms with van der Waals surface area (Å²) in [5.41, 5.74) is 1.10. The molecule has 0 spiro atoms. The molecule has 6 heteroatoms. The van der Waals surface area contributed by atoms with E-state index in [9.17, 15) is 4.79 Å². The van der Waals surface area contributed by atoms with Gasteiger partial charge in [-0.25, -0.2) is 9.97 Å². The maximum absolute atomic E-state index is 12.4. The van der Waals surface area contributed by atoms with E-state index in [-0.39, 0.29) is 5.56 Å². The SMILES string of the molecule is O=c1c2ccsc2ncn1Cc1cnc(-c2ccccc2)s1. The summed E-state index contributed by atoms with van der Waals surface area (Å²) in [5, 5.41) is 3.54. The van der Waals surface area contributed by atoms with Gasteiger partial charge in [-0.15, -0.1) is 22.7 Å².